The topological polar surface area (TPSA) is 0 Å². The fourth-order valence-electron chi connectivity index (χ4n) is 3.22. The Hall–Kier alpha value is -2.34. The molecule has 0 fully saturated rings. The summed E-state index contributed by atoms with van der Waals surface area (Å²) in [5.41, 5.74) is 7.28. The van der Waals surface area contributed by atoms with Gasteiger partial charge in [-0.3, -0.25) is 0 Å². The quantitative estimate of drug-likeness (QED) is 0.538. The number of hydrogen-bond donors (Lipinski definition) is 0. The molecular formula is C23H24. The number of benzene rings is 3. The lowest BCUT2D eigenvalue weighted by Crippen LogP contribution is -2.02. The molecule has 23 heavy (non-hydrogen) atoms. The molecular weight excluding hydrogens is 276 g/mol. The van der Waals surface area contributed by atoms with Crippen LogP contribution in [0.3, 0.4) is 0 Å². The standard InChI is InChI=1S/C23H24/c1-2-10-23-21(17-19-11-5-3-6-12-19)15-9-16-22(23)18-20-13-7-4-8-14-20/h3-9,11-16H,2,10,17-18H2,1H3. The van der Waals surface area contributed by atoms with Crippen LogP contribution in [-0.2, 0) is 19.3 Å². The highest BCUT2D eigenvalue weighted by Gasteiger charge is 2.09. The van der Waals surface area contributed by atoms with E-state index in [1.807, 2.05) is 0 Å². The van der Waals surface area contributed by atoms with E-state index in [4.69, 9.17) is 0 Å². The van der Waals surface area contributed by atoms with Crippen LogP contribution >= 0.6 is 0 Å². The van der Waals surface area contributed by atoms with Gasteiger partial charge in [-0.1, -0.05) is 92.2 Å². The van der Waals surface area contributed by atoms with Gasteiger partial charge in [-0.2, -0.15) is 0 Å². The Labute approximate surface area is 139 Å². The lowest BCUT2D eigenvalue weighted by Gasteiger charge is -2.15. The highest BCUT2D eigenvalue weighted by Crippen LogP contribution is 2.22. The molecule has 3 rings (SSSR count). The SMILES string of the molecule is CCCc1c(Cc2ccccc2)cccc1Cc1ccccc1. The average molecular weight is 300 g/mol. The first-order valence-corrected chi connectivity index (χ1v) is 8.54. The lowest BCUT2D eigenvalue weighted by atomic mass is 9.90. The minimum Gasteiger partial charge on any atom is -0.0651 e. The summed E-state index contributed by atoms with van der Waals surface area (Å²) in [7, 11) is 0. The van der Waals surface area contributed by atoms with Gasteiger partial charge in [-0.05, 0) is 47.1 Å². The summed E-state index contributed by atoms with van der Waals surface area (Å²) >= 11 is 0. The number of hydrogen-bond acceptors (Lipinski definition) is 0. The van der Waals surface area contributed by atoms with Crippen molar-refractivity contribution in [1.29, 1.82) is 0 Å². The van der Waals surface area contributed by atoms with E-state index in [-0.39, 0.29) is 0 Å². The molecule has 0 aliphatic rings. The third-order valence-corrected chi connectivity index (χ3v) is 4.34. The third kappa shape index (κ3) is 4.10. The Morgan fingerprint density at radius 2 is 1.04 bits per heavy atom. The molecule has 0 saturated heterocycles. The molecule has 0 aromatic heterocycles. The van der Waals surface area contributed by atoms with Crippen LogP contribution in [0.15, 0.2) is 78.9 Å². The molecule has 0 radical (unpaired) electrons. The predicted molar refractivity (Wildman–Crippen MR) is 98.9 cm³/mol. The van der Waals surface area contributed by atoms with Crippen molar-refractivity contribution in [2.24, 2.45) is 0 Å². The first kappa shape index (κ1) is 15.6. The zero-order valence-corrected chi connectivity index (χ0v) is 13.8. The van der Waals surface area contributed by atoms with Crippen LogP contribution in [0.4, 0.5) is 0 Å². The summed E-state index contributed by atoms with van der Waals surface area (Å²) in [5, 5.41) is 0. The molecule has 3 aromatic carbocycles. The second-order valence-corrected chi connectivity index (χ2v) is 6.13. The van der Waals surface area contributed by atoms with Crippen LogP contribution < -0.4 is 0 Å². The maximum Gasteiger partial charge on any atom is -0.00229 e. The third-order valence-electron chi connectivity index (χ3n) is 4.34. The van der Waals surface area contributed by atoms with Gasteiger partial charge in [0.1, 0.15) is 0 Å². The fraction of sp³-hybridized carbons (Fsp3) is 0.217. The van der Waals surface area contributed by atoms with Crippen molar-refractivity contribution < 1.29 is 0 Å². The van der Waals surface area contributed by atoms with Gasteiger partial charge >= 0.3 is 0 Å². The van der Waals surface area contributed by atoms with E-state index in [1.54, 1.807) is 5.56 Å². The van der Waals surface area contributed by atoms with E-state index in [9.17, 15) is 0 Å². The average Bonchev–Trinajstić information content (AvgIpc) is 2.60. The van der Waals surface area contributed by atoms with E-state index in [2.05, 4.69) is 85.8 Å². The second-order valence-electron chi connectivity index (χ2n) is 6.13. The largest absolute Gasteiger partial charge is 0.0651 e. The predicted octanol–water partition coefficient (Wildman–Crippen LogP) is 5.82. The second kappa shape index (κ2) is 7.78. The molecule has 0 unspecified atom stereocenters. The summed E-state index contributed by atoms with van der Waals surface area (Å²) < 4.78 is 0. The van der Waals surface area contributed by atoms with Crippen molar-refractivity contribution in [2.45, 2.75) is 32.6 Å². The Morgan fingerprint density at radius 3 is 1.48 bits per heavy atom. The van der Waals surface area contributed by atoms with Crippen LogP contribution in [0.1, 0.15) is 41.2 Å². The molecule has 0 saturated carbocycles. The highest BCUT2D eigenvalue weighted by molar-refractivity contribution is 5.41. The minimum atomic E-state index is 1.03. The summed E-state index contributed by atoms with van der Waals surface area (Å²) in [5.74, 6) is 0. The van der Waals surface area contributed by atoms with E-state index >= 15 is 0 Å². The van der Waals surface area contributed by atoms with Crippen molar-refractivity contribution in [3.8, 4) is 0 Å². The van der Waals surface area contributed by atoms with Gasteiger partial charge in [-0.15, -0.1) is 0 Å². The first-order valence-electron chi connectivity index (χ1n) is 8.54. The van der Waals surface area contributed by atoms with Gasteiger partial charge in [0.25, 0.3) is 0 Å². The van der Waals surface area contributed by atoms with E-state index in [0.717, 1.165) is 19.3 Å². The lowest BCUT2D eigenvalue weighted by molar-refractivity contribution is 0.885. The molecule has 0 N–H and O–H groups in total. The van der Waals surface area contributed by atoms with Gasteiger partial charge in [0.05, 0.1) is 0 Å². The molecule has 0 heterocycles. The van der Waals surface area contributed by atoms with Crippen molar-refractivity contribution in [3.63, 3.8) is 0 Å². The molecule has 0 atom stereocenters. The van der Waals surface area contributed by atoms with Crippen LogP contribution in [0.5, 0.6) is 0 Å². The van der Waals surface area contributed by atoms with Crippen LogP contribution in [0, 0.1) is 0 Å². The molecule has 0 nitrogen and oxygen atoms in total. The fourth-order valence-corrected chi connectivity index (χ4v) is 3.22. The van der Waals surface area contributed by atoms with Crippen LogP contribution in [0.2, 0.25) is 0 Å². The van der Waals surface area contributed by atoms with Gasteiger partial charge in [0.15, 0.2) is 0 Å². The maximum absolute atomic E-state index is 2.30. The summed E-state index contributed by atoms with van der Waals surface area (Å²) in [6.07, 6.45) is 4.40. The maximum atomic E-state index is 2.30. The van der Waals surface area contributed by atoms with Crippen molar-refractivity contribution in [1.82, 2.24) is 0 Å². The molecule has 0 aliphatic heterocycles. The summed E-state index contributed by atoms with van der Waals surface area (Å²) in [4.78, 5) is 0. The molecule has 0 spiro atoms. The Balaban J connectivity index is 1.92. The monoisotopic (exact) mass is 300 g/mol. The number of rotatable bonds is 6. The normalized spacial score (nSPS) is 10.7. The van der Waals surface area contributed by atoms with Crippen LogP contribution in [0.25, 0.3) is 0 Å². The van der Waals surface area contributed by atoms with Gasteiger partial charge < -0.3 is 0 Å². The molecule has 0 bridgehead atoms. The van der Waals surface area contributed by atoms with Crippen molar-refractivity contribution >= 4 is 0 Å². The van der Waals surface area contributed by atoms with Gasteiger partial charge in [-0.25, -0.2) is 0 Å². The van der Waals surface area contributed by atoms with E-state index < -0.39 is 0 Å². The van der Waals surface area contributed by atoms with Gasteiger partial charge in [0, 0.05) is 0 Å². The smallest absolute Gasteiger partial charge is 0.00229 e. The van der Waals surface area contributed by atoms with E-state index in [0.29, 0.717) is 0 Å². The summed E-state index contributed by atoms with van der Waals surface area (Å²) in [6.45, 7) is 2.27. The zero-order chi connectivity index (χ0) is 15.9. The van der Waals surface area contributed by atoms with Crippen molar-refractivity contribution in [2.75, 3.05) is 0 Å². The molecule has 0 aliphatic carbocycles. The van der Waals surface area contributed by atoms with E-state index in [1.165, 1.54) is 28.7 Å². The van der Waals surface area contributed by atoms with Crippen LogP contribution in [-0.4, -0.2) is 0 Å². The Bertz CT molecular complexity index is 667. The Morgan fingerprint density at radius 1 is 0.565 bits per heavy atom. The first-order chi connectivity index (χ1) is 11.4. The minimum absolute atomic E-state index is 1.03. The van der Waals surface area contributed by atoms with Gasteiger partial charge in [0.2, 0.25) is 0 Å². The summed E-state index contributed by atoms with van der Waals surface area (Å²) in [6, 6.07) is 28.4. The van der Waals surface area contributed by atoms with Crippen molar-refractivity contribution in [3.05, 3.63) is 107 Å². The zero-order valence-electron chi connectivity index (χ0n) is 13.8. The highest BCUT2D eigenvalue weighted by atomic mass is 14.1. The Kier molecular flexibility index (Phi) is 5.26. The molecule has 116 valence electrons. The molecule has 3 aromatic rings. The molecule has 0 heteroatoms. The molecule has 0 amide bonds.